The summed E-state index contributed by atoms with van der Waals surface area (Å²) in [5.74, 6) is -0.940. The van der Waals surface area contributed by atoms with Crippen molar-refractivity contribution in [1.82, 2.24) is 0 Å². The van der Waals surface area contributed by atoms with E-state index < -0.39 is 6.10 Å². The molecule has 0 N–H and O–H groups in total. The van der Waals surface area contributed by atoms with Crippen LogP contribution in [0.15, 0.2) is 60.8 Å². The minimum Gasteiger partial charge on any atom is -0.462 e. The molecule has 0 radical (unpaired) electrons. The zero-order valence-electron chi connectivity index (χ0n) is 39.5. The predicted octanol–water partition coefficient (Wildman–Crippen LogP) is 16.5. The third-order valence-electron chi connectivity index (χ3n) is 10.8. The van der Waals surface area contributed by atoms with E-state index in [9.17, 15) is 14.4 Å². The summed E-state index contributed by atoms with van der Waals surface area (Å²) in [4.78, 5) is 37.9. The highest BCUT2D eigenvalue weighted by molar-refractivity contribution is 5.71. The van der Waals surface area contributed by atoms with E-state index in [1.165, 1.54) is 116 Å². The molecular formula is C54H94O6. The fourth-order valence-electron chi connectivity index (χ4n) is 6.96. The Kier molecular flexibility index (Phi) is 46.4. The highest BCUT2D eigenvalue weighted by Gasteiger charge is 2.19. The molecular weight excluding hydrogens is 745 g/mol. The summed E-state index contributed by atoms with van der Waals surface area (Å²) in [5, 5.41) is 0. The number of allylic oxidation sites excluding steroid dienone is 10. The second-order valence-corrected chi connectivity index (χ2v) is 16.7. The van der Waals surface area contributed by atoms with Gasteiger partial charge in [0.15, 0.2) is 6.10 Å². The van der Waals surface area contributed by atoms with Crippen LogP contribution in [0.25, 0.3) is 0 Å². The van der Waals surface area contributed by atoms with Crippen molar-refractivity contribution in [3.05, 3.63) is 60.8 Å². The summed E-state index contributed by atoms with van der Waals surface area (Å²) in [6.45, 7) is 6.47. The van der Waals surface area contributed by atoms with Gasteiger partial charge < -0.3 is 14.2 Å². The number of carbonyl (C=O) groups is 3. The van der Waals surface area contributed by atoms with Gasteiger partial charge in [-0.15, -0.1) is 0 Å². The van der Waals surface area contributed by atoms with Crippen molar-refractivity contribution in [2.75, 3.05) is 13.2 Å². The minimum atomic E-state index is -0.795. The number of carbonyl (C=O) groups excluding carboxylic acids is 3. The smallest absolute Gasteiger partial charge is 0.306 e. The van der Waals surface area contributed by atoms with Gasteiger partial charge in [-0.3, -0.25) is 14.4 Å². The van der Waals surface area contributed by atoms with Crippen molar-refractivity contribution in [2.45, 2.75) is 252 Å². The van der Waals surface area contributed by atoms with Crippen molar-refractivity contribution >= 4 is 17.9 Å². The molecule has 346 valence electrons. The number of hydrogen-bond acceptors (Lipinski definition) is 6. The fourth-order valence-corrected chi connectivity index (χ4v) is 6.96. The Labute approximate surface area is 370 Å². The monoisotopic (exact) mass is 839 g/mol. The first kappa shape index (κ1) is 57.1. The van der Waals surface area contributed by atoms with Gasteiger partial charge in [-0.2, -0.15) is 0 Å². The van der Waals surface area contributed by atoms with Crippen LogP contribution in [0.4, 0.5) is 0 Å². The molecule has 0 amide bonds. The molecule has 0 aromatic carbocycles. The highest BCUT2D eigenvalue weighted by Crippen LogP contribution is 2.14. The Bertz CT molecular complexity index is 1100. The largest absolute Gasteiger partial charge is 0.462 e. The first-order chi connectivity index (χ1) is 29.5. The maximum absolute atomic E-state index is 12.8. The molecule has 0 saturated heterocycles. The van der Waals surface area contributed by atoms with Crippen LogP contribution in [0.2, 0.25) is 0 Å². The van der Waals surface area contributed by atoms with E-state index in [0.717, 1.165) is 83.5 Å². The average molecular weight is 839 g/mol. The Morgan fingerprint density at radius 3 is 1.07 bits per heavy atom. The van der Waals surface area contributed by atoms with Gasteiger partial charge in [0, 0.05) is 19.3 Å². The standard InChI is InChI=1S/C54H94O6/c1-4-7-10-13-16-19-22-24-26-28-29-32-35-38-41-44-47-53(56)59-50-51(49-58-52(55)46-43-40-37-34-31-21-18-15-12-9-6-3)60-54(57)48-45-42-39-36-33-30-27-25-23-20-17-14-11-8-5-2/h8,11,17,20,25-28,33,36,51H,4-7,9-10,12-16,18-19,21-24,29-32,34-35,37-50H2,1-3H3/b11-8-,20-17-,27-25-,28-26-,36-33-/t51-/m1/s1. The normalized spacial score (nSPS) is 12.5. The van der Waals surface area contributed by atoms with Crippen LogP contribution in [0.3, 0.4) is 0 Å². The zero-order chi connectivity index (χ0) is 43.7. The van der Waals surface area contributed by atoms with Gasteiger partial charge in [-0.25, -0.2) is 0 Å². The number of esters is 3. The molecule has 0 rings (SSSR count). The van der Waals surface area contributed by atoms with Crippen molar-refractivity contribution in [2.24, 2.45) is 0 Å². The van der Waals surface area contributed by atoms with E-state index >= 15 is 0 Å². The van der Waals surface area contributed by atoms with Gasteiger partial charge in [0.05, 0.1) is 0 Å². The lowest BCUT2D eigenvalue weighted by molar-refractivity contribution is -0.167. The first-order valence-electron chi connectivity index (χ1n) is 25.3. The first-order valence-corrected chi connectivity index (χ1v) is 25.3. The zero-order valence-corrected chi connectivity index (χ0v) is 39.5. The molecule has 6 nitrogen and oxygen atoms in total. The molecule has 0 aliphatic rings. The number of hydrogen-bond donors (Lipinski definition) is 0. The minimum absolute atomic E-state index is 0.0919. The molecule has 6 heteroatoms. The molecule has 0 unspecified atom stereocenters. The van der Waals surface area contributed by atoms with Crippen LogP contribution in [0.5, 0.6) is 0 Å². The number of ether oxygens (including phenoxy) is 3. The van der Waals surface area contributed by atoms with Crippen LogP contribution in [-0.4, -0.2) is 37.2 Å². The molecule has 0 spiro atoms. The van der Waals surface area contributed by atoms with Gasteiger partial charge in [0.1, 0.15) is 13.2 Å². The Balaban J connectivity index is 4.44. The molecule has 0 aliphatic heterocycles. The van der Waals surface area contributed by atoms with E-state index in [2.05, 4.69) is 81.5 Å². The molecule has 0 aromatic heterocycles. The van der Waals surface area contributed by atoms with E-state index in [4.69, 9.17) is 14.2 Å². The third kappa shape index (κ3) is 46.2. The summed E-state index contributed by atoms with van der Waals surface area (Å²) >= 11 is 0. The quantitative estimate of drug-likeness (QED) is 0.0263. The second-order valence-electron chi connectivity index (χ2n) is 16.7. The average Bonchev–Trinajstić information content (AvgIpc) is 3.24. The molecule has 1 atom stereocenters. The van der Waals surface area contributed by atoms with Crippen molar-refractivity contribution in [3.63, 3.8) is 0 Å². The maximum atomic E-state index is 12.8. The second kappa shape index (κ2) is 48.8. The molecule has 0 fully saturated rings. The molecule has 0 aromatic rings. The van der Waals surface area contributed by atoms with Gasteiger partial charge >= 0.3 is 17.9 Å². The molecule has 0 aliphatic carbocycles. The molecule has 0 bridgehead atoms. The van der Waals surface area contributed by atoms with Crippen LogP contribution in [0.1, 0.15) is 245 Å². The van der Waals surface area contributed by atoms with Gasteiger partial charge in [0.25, 0.3) is 0 Å². The number of unbranched alkanes of at least 4 members (excludes halogenated alkanes) is 24. The SMILES string of the molecule is CC/C=C\C/C=C\C/C=C\C/C=C\CCCCC(=O)O[C@@H](COC(=O)CCCCCCC/C=C\CCCCCCCCC)COC(=O)CCCCCCCCCCCCC. The van der Waals surface area contributed by atoms with E-state index in [1.54, 1.807) is 0 Å². The van der Waals surface area contributed by atoms with Gasteiger partial charge in [-0.05, 0) is 83.5 Å². The Morgan fingerprint density at radius 2 is 0.650 bits per heavy atom. The van der Waals surface area contributed by atoms with E-state index in [-0.39, 0.29) is 37.5 Å². The van der Waals surface area contributed by atoms with Crippen molar-refractivity contribution in [1.29, 1.82) is 0 Å². The summed E-state index contributed by atoms with van der Waals surface area (Å²) in [7, 11) is 0. The summed E-state index contributed by atoms with van der Waals surface area (Å²) in [6.07, 6.45) is 59.2. The summed E-state index contributed by atoms with van der Waals surface area (Å²) < 4.78 is 16.7. The lowest BCUT2D eigenvalue weighted by atomic mass is 10.1. The predicted molar refractivity (Wildman–Crippen MR) is 256 cm³/mol. The highest BCUT2D eigenvalue weighted by atomic mass is 16.6. The summed E-state index contributed by atoms with van der Waals surface area (Å²) in [6, 6.07) is 0. The topological polar surface area (TPSA) is 78.9 Å². The van der Waals surface area contributed by atoms with E-state index in [1.807, 2.05) is 0 Å². The Morgan fingerprint density at radius 1 is 0.350 bits per heavy atom. The van der Waals surface area contributed by atoms with Crippen LogP contribution >= 0.6 is 0 Å². The fraction of sp³-hybridized carbons (Fsp3) is 0.759. The lowest BCUT2D eigenvalue weighted by Gasteiger charge is -2.18. The molecule has 60 heavy (non-hydrogen) atoms. The van der Waals surface area contributed by atoms with Crippen LogP contribution < -0.4 is 0 Å². The molecule has 0 heterocycles. The van der Waals surface area contributed by atoms with Gasteiger partial charge in [0.2, 0.25) is 0 Å². The van der Waals surface area contributed by atoms with Crippen LogP contribution in [-0.2, 0) is 28.6 Å². The van der Waals surface area contributed by atoms with Gasteiger partial charge in [-0.1, -0.05) is 204 Å². The summed E-state index contributed by atoms with van der Waals surface area (Å²) in [5.41, 5.74) is 0. The molecule has 0 saturated carbocycles. The lowest BCUT2D eigenvalue weighted by Crippen LogP contribution is -2.30. The van der Waals surface area contributed by atoms with E-state index in [0.29, 0.717) is 19.3 Å². The number of rotatable bonds is 45. The maximum Gasteiger partial charge on any atom is 0.306 e. The van der Waals surface area contributed by atoms with Crippen molar-refractivity contribution < 1.29 is 28.6 Å². The van der Waals surface area contributed by atoms with Crippen LogP contribution in [0, 0.1) is 0 Å². The Hall–Kier alpha value is -2.89. The van der Waals surface area contributed by atoms with Crippen molar-refractivity contribution in [3.8, 4) is 0 Å². The third-order valence-corrected chi connectivity index (χ3v) is 10.8.